The van der Waals surface area contributed by atoms with Gasteiger partial charge in [-0.1, -0.05) is 31.5 Å². The Hall–Kier alpha value is -0.870. The summed E-state index contributed by atoms with van der Waals surface area (Å²) in [6.07, 6.45) is 2.13. The van der Waals surface area contributed by atoms with Crippen LogP contribution in [-0.4, -0.2) is 26.3 Å². The topological polar surface area (TPSA) is 46.2 Å². The summed E-state index contributed by atoms with van der Waals surface area (Å²) in [6.45, 7) is 9.48. The van der Waals surface area contributed by atoms with E-state index in [-0.39, 0.29) is 17.2 Å². The van der Waals surface area contributed by atoms with E-state index in [0.29, 0.717) is 10.8 Å². The quantitative estimate of drug-likeness (QED) is 0.907. The number of hydrogen-bond acceptors (Lipinski definition) is 3. The molecule has 1 aliphatic heterocycles. The first-order valence-electron chi connectivity index (χ1n) is 7.81. The summed E-state index contributed by atoms with van der Waals surface area (Å²) in [5.74, 6) is 0.761. The highest BCUT2D eigenvalue weighted by atomic mass is 32.2. The fraction of sp³-hybridized carbons (Fsp3) is 0.647. The monoisotopic (exact) mass is 309 g/mol. The van der Waals surface area contributed by atoms with E-state index >= 15 is 0 Å². The molecule has 118 valence electrons. The van der Waals surface area contributed by atoms with Gasteiger partial charge in [-0.3, -0.25) is 0 Å². The number of nitrogens with one attached hydrogen (secondary N) is 1. The molecule has 21 heavy (non-hydrogen) atoms. The molecule has 0 radical (unpaired) electrons. The van der Waals surface area contributed by atoms with E-state index in [1.807, 2.05) is 18.2 Å². The molecule has 0 amide bonds. The molecular formula is C17H27NO2S. The van der Waals surface area contributed by atoms with Crippen LogP contribution in [0.15, 0.2) is 29.2 Å². The molecule has 2 unspecified atom stereocenters. The summed E-state index contributed by atoms with van der Waals surface area (Å²) in [4.78, 5) is 0.548. The van der Waals surface area contributed by atoms with Crippen LogP contribution in [0.5, 0.6) is 0 Å². The van der Waals surface area contributed by atoms with Crippen LogP contribution >= 0.6 is 0 Å². The number of fused-ring (bicyclic) bond motifs is 1. The SMILES string of the molecule is CCCC(CNC(C)(C)C)C1CS(=O)(=O)c2ccccc21. The van der Waals surface area contributed by atoms with Crippen molar-refractivity contribution in [1.82, 2.24) is 5.32 Å². The highest BCUT2D eigenvalue weighted by Gasteiger charge is 2.38. The van der Waals surface area contributed by atoms with Crippen molar-refractivity contribution in [3.05, 3.63) is 29.8 Å². The Bertz CT molecular complexity index is 587. The lowest BCUT2D eigenvalue weighted by atomic mass is 9.84. The van der Waals surface area contributed by atoms with Crippen molar-refractivity contribution in [2.24, 2.45) is 5.92 Å². The molecule has 4 heteroatoms. The third-order valence-corrected chi connectivity index (χ3v) is 6.02. The van der Waals surface area contributed by atoms with Crippen LogP contribution in [0.2, 0.25) is 0 Å². The van der Waals surface area contributed by atoms with Gasteiger partial charge in [-0.25, -0.2) is 8.42 Å². The smallest absolute Gasteiger partial charge is 0.179 e. The van der Waals surface area contributed by atoms with E-state index in [1.165, 1.54) is 0 Å². The number of benzene rings is 1. The summed E-state index contributed by atoms with van der Waals surface area (Å²) in [7, 11) is -3.10. The van der Waals surface area contributed by atoms with E-state index in [9.17, 15) is 8.42 Å². The molecule has 0 fully saturated rings. The second-order valence-corrected chi connectivity index (χ2v) is 9.11. The maximum atomic E-state index is 12.4. The van der Waals surface area contributed by atoms with Gasteiger partial charge in [0.25, 0.3) is 0 Å². The first-order chi connectivity index (χ1) is 9.74. The van der Waals surface area contributed by atoms with E-state index in [2.05, 4.69) is 33.0 Å². The van der Waals surface area contributed by atoms with Gasteiger partial charge in [0.2, 0.25) is 0 Å². The Kier molecular flexibility index (Phi) is 4.79. The highest BCUT2D eigenvalue weighted by molar-refractivity contribution is 7.91. The summed E-state index contributed by atoms with van der Waals surface area (Å²) in [5.41, 5.74) is 1.08. The largest absolute Gasteiger partial charge is 0.312 e. The standard InChI is InChI=1S/C17H27NO2S/c1-5-8-13(11-18-17(2,3)4)15-12-21(19,20)16-10-7-6-9-14(15)16/h6-7,9-10,13,15,18H,5,8,11-12H2,1-4H3. The fourth-order valence-electron chi connectivity index (χ4n) is 3.13. The maximum Gasteiger partial charge on any atom is 0.179 e. The summed E-state index contributed by atoms with van der Waals surface area (Å²) < 4.78 is 24.7. The third-order valence-electron chi connectivity index (χ3n) is 4.18. The van der Waals surface area contributed by atoms with Gasteiger partial charge in [0.15, 0.2) is 9.84 Å². The van der Waals surface area contributed by atoms with Gasteiger partial charge in [0, 0.05) is 11.5 Å². The van der Waals surface area contributed by atoms with Gasteiger partial charge < -0.3 is 5.32 Å². The average molecular weight is 309 g/mol. The Morgan fingerprint density at radius 3 is 2.57 bits per heavy atom. The van der Waals surface area contributed by atoms with Crippen molar-refractivity contribution in [2.75, 3.05) is 12.3 Å². The van der Waals surface area contributed by atoms with Crippen LogP contribution in [0.4, 0.5) is 0 Å². The van der Waals surface area contributed by atoms with Crippen LogP contribution < -0.4 is 5.32 Å². The molecule has 0 saturated heterocycles. The molecule has 0 aromatic heterocycles. The van der Waals surface area contributed by atoms with Crippen LogP contribution in [0.25, 0.3) is 0 Å². The van der Waals surface area contributed by atoms with E-state index in [1.54, 1.807) is 6.07 Å². The Morgan fingerprint density at radius 2 is 1.95 bits per heavy atom. The molecule has 1 aliphatic rings. The number of sulfone groups is 1. The first-order valence-corrected chi connectivity index (χ1v) is 9.46. The van der Waals surface area contributed by atoms with Crippen LogP contribution in [0.3, 0.4) is 0 Å². The second kappa shape index (κ2) is 6.09. The zero-order chi connectivity index (χ0) is 15.7. The molecule has 2 atom stereocenters. The molecule has 2 rings (SSSR count). The van der Waals surface area contributed by atoms with Crippen LogP contribution in [0, 0.1) is 5.92 Å². The zero-order valence-electron chi connectivity index (χ0n) is 13.5. The molecule has 3 nitrogen and oxygen atoms in total. The van der Waals surface area contributed by atoms with E-state index < -0.39 is 9.84 Å². The predicted octanol–water partition coefficient (Wildman–Crippen LogP) is 3.36. The molecular weight excluding hydrogens is 282 g/mol. The van der Waals surface area contributed by atoms with Gasteiger partial charge in [0.1, 0.15) is 0 Å². The Balaban J connectivity index is 2.26. The van der Waals surface area contributed by atoms with Gasteiger partial charge >= 0.3 is 0 Å². The van der Waals surface area contributed by atoms with Gasteiger partial charge in [0.05, 0.1) is 10.6 Å². The fourth-order valence-corrected chi connectivity index (χ4v) is 5.10. The summed E-state index contributed by atoms with van der Waals surface area (Å²) >= 11 is 0. The molecule has 1 aromatic rings. The number of hydrogen-bond donors (Lipinski definition) is 1. The summed E-state index contributed by atoms with van der Waals surface area (Å²) in [5, 5.41) is 3.55. The number of rotatable bonds is 5. The first kappa shape index (κ1) is 16.5. The minimum Gasteiger partial charge on any atom is -0.312 e. The van der Waals surface area contributed by atoms with Crippen molar-refractivity contribution in [3.63, 3.8) is 0 Å². The van der Waals surface area contributed by atoms with E-state index in [4.69, 9.17) is 0 Å². The Labute approximate surface area is 129 Å². The van der Waals surface area contributed by atoms with Crippen LogP contribution in [0.1, 0.15) is 52.0 Å². The third kappa shape index (κ3) is 3.86. The predicted molar refractivity (Wildman–Crippen MR) is 87.4 cm³/mol. The summed E-state index contributed by atoms with van der Waals surface area (Å²) in [6, 6.07) is 7.52. The van der Waals surface area contributed by atoms with Crippen molar-refractivity contribution in [2.45, 2.75) is 56.9 Å². The maximum absolute atomic E-state index is 12.4. The van der Waals surface area contributed by atoms with Gasteiger partial charge in [-0.05, 0) is 51.3 Å². The molecule has 1 aromatic carbocycles. The van der Waals surface area contributed by atoms with Crippen molar-refractivity contribution in [3.8, 4) is 0 Å². The van der Waals surface area contributed by atoms with Crippen molar-refractivity contribution in [1.29, 1.82) is 0 Å². The lowest BCUT2D eigenvalue weighted by molar-refractivity contribution is 0.329. The molecule has 1 heterocycles. The molecule has 1 N–H and O–H groups in total. The minimum absolute atomic E-state index is 0.0585. The molecule has 0 bridgehead atoms. The lowest BCUT2D eigenvalue weighted by Crippen LogP contribution is -2.40. The molecule has 0 spiro atoms. The van der Waals surface area contributed by atoms with E-state index in [0.717, 1.165) is 24.9 Å². The second-order valence-electron chi connectivity index (χ2n) is 7.11. The Morgan fingerprint density at radius 1 is 1.29 bits per heavy atom. The van der Waals surface area contributed by atoms with Crippen LogP contribution in [-0.2, 0) is 9.84 Å². The normalized spacial score (nSPS) is 22.0. The highest BCUT2D eigenvalue weighted by Crippen LogP contribution is 2.40. The average Bonchev–Trinajstić information content (AvgIpc) is 2.66. The molecule has 0 aliphatic carbocycles. The zero-order valence-corrected chi connectivity index (χ0v) is 14.3. The lowest BCUT2D eigenvalue weighted by Gasteiger charge is -2.28. The minimum atomic E-state index is -3.10. The van der Waals surface area contributed by atoms with Gasteiger partial charge in [-0.2, -0.15) is 0 Å². The van der Waals surface area contributed by atoms with Gasteiger partial charge in [-0.15, -0.1) is 0 Å². The van der Waals surface area contributed by atoms with Crippen molar-refractivity contribution >= 4 is 9.84 Å². The molecule has 0 saturated carbocycles. The van der Waals surface area contributed by atoms with Crippen molar-refractivity contribution < 1.29 is 8.42 Å².